The van der Waals surface area contributed by atoms with Crippen LogP contribution in [0.2, 0.25) is 0 Å². The van der Waals surface area contributed by atoms with E-state index in [1.165, 1.54) is 19.3 Å². The van der Waals surface area contributed by atoms with Crippen molar-refractivity contribution in [1.29, 1.82) is 0 Å². The highest BCUT2D eigenvalue weighted by atomic mass is 32.2. The highest BCUT2D eigenvalue weighted by Crippen LogP contribution is 2.60. The maximum Gasteiger partial charge on any atom is 0.312 e. The van der Waals surface area contributed by atoms with Gasteiger partial charge in [-0.3, -0.25) is 14.3 Å². The van der Waals surface area contributed by atoms with Gasteiger partial charge in [0, 0.05) is 0 Å². The van der Waals surface area contributed by atoms with E-state index in [0.29, 0.717) is 24.2 Å². The summed E-state index contributed by atoms with van der Waals surface area (Å²) >= 11 is 0. The maximum atomic E-state index is 12.6. The molecule has 4 aliphatic carbocycles. The van der Waals surface area contributed by atoms with Gasteiger partial charge in [-0.15, -0.1) is 0 Å². The number of nitrogens with one attached hydrogen (secondary N) is 1. The Morgan fingerprint density at radius 3 is 2.12 bits per heavy atom. The number of amides is 1. The third-order valence-corrected chi connectivity index (χ3v) is 7.26. The average Bonchev–Trinajstić information content (AvgIpc) is 2.44. The summed E-state index contributed by atoms with van der Waals surface area (Å²) in [6.07, 6.45) is 6.88. The Kier molecular flexibility index (Phi) is 4.91. The Morgan fingerprint density at radius 2 is 1.62 bits per heavy atom. The molecule has 4 rings (SSSR count). The average molecular weight is 357 g/mol. The van der Waals surface area contributed by atoms with Gasteiger partial charge in [-0.1, -0.05) is 6.92 Å². The molecule has 0 saturated heterocycles. The van der Waals surface area contributed by atoms with Crippen LogP contribution in [-0.2, 0) is 24.3 Å². The Hall–Kier alpha value is -1.11. The minimum absolute atomic E-state index is 0.0476. The molecule has 4 aliphatic rings. The molecular formula is C17H27NO5S. The van der Waals surface area contributed by atoms with Crippen LogP contribution in [0.4, 0.5) is 0 Å². The van der Waals surface area contributed by atoms with Gasteiger partial charge < -0.3 is 4.74 Å². The fourth-order valence-electron chi connectivity index (χ4n) is 5.29. The number of carbonyl (C=O) groups is 2. The zero-order valence-electron chi connectivity index (χ0n) is 14.3. The van der Waals surface area contributed by atoms with Crippen LogP contribution in [0.15, 0.2) is 0 Å². The van der Waals surface area contributed by atoms with Crippen molar-refractivity contribution in [2.24, 2.45) is 23.2 Å². The fraction of sp³-hybridized carbons (Fsp3) is 0.882. The molecule has 24 heavy (non-hydrogen) atoms. The van der Waals surface area contributed by atoms with Crippen molar-refractivity contribution in [3.8, 4) is 0 Å². The lowest BCUT2D eigenvalue weighted by molar-refractivity contribution is -0.171. The Labute approximate surface area is 143 Å². The van der Waals surface area contributed by atoms with Gasteiger partial charge in [-0.25, -0.2) is 8.42 Å². The molecule has 0 aromatic carbocycles. The predicted molar refractivity (Wildman–Crippen MR) is 88.4 cm³/mol. The van der Waals surface area contributed by atoms with Crippen molar-refractivity contribution in [2.45, 2.75) is 58.3 Å². The van der Waals surface area contributed by atoms with E-state index in [4.69, 9.17) is 4.74 Å². The lowest BCUT2D eigenvalue weighted by Gasteiger charge is -2.55. The molecule has 7 heteroatoms. The first-order valence-corrected chi connectivity index (χ1v) is 10.7. The van der Waals surface area contributed by atoms with Crippen molar-refractivity contribution >= 4 is 21.9 Å². The molecule has 0 heterocycles. The number of hydrogen-bond acceptors (Lipinski definition) is 5. The van der Waals surface area contributed by atoms with Crippen LogP contribution in [0.5, 0.6) is 0 Å². The summed E-state index contributed by atoms with van der Waals surface area (Å²) in [5.41, 5.74) is -0.334. The van der Waals surface area contributed by atoms with Crippen LogP contribution >= 0.6 is 0 Å². The van der Waals surface area contributed by atoms with E-state index in [1.54, 1.807) is 6.92 Å². The minimum Gasteiger partial charge on any atom is -0.465 e. The summed E-state index contributed by atoms with van der Waals surface area (Å²) in [7, 11) is -3.56. The molecule has 0 aromatic heterocycles. The second kappa shape index (κ2) is 6.65. The standard InChI is InChI=1S/C17H27NO5S/c1-2-5-24(21,22)18-15(19)3-4-23-16(20)17-9-12-6-13(10-17)8-14(7-12)11-17/h12-14H,2-11H2,1H3,(H,18,19). The topological polar surface area (TPSA) is 89.5 Å². The summed E-state index contributed by atoms with van der Waals surface area (Å²) in [5, 5.41) is 0. The van der Waals surface area contributed by atoms with Crippen LogP contribution in [0.25, 0.3) is 0 Å². The molecule has 1 amide bonds. The van der Waals surface area contributed by atoms with Crippen LogP contribution in [-0.4, -0.2) is 32.7 Å². The van der Waals surface area contributed by atoms with E-state index in [9.17, 15) is 18.0 Å². The van der Waals surface area contributed by atoms with E-state index >= 15 is 0 Å². The molecule has 4 fully saturated rings. The number of carbonyl (C=O) groups excluding carboxylic acids is 2. The highest BCUT2D eigenvalue weighted by molar-refractivity contribution is 7.90. The fourth-order valence-corrected chi connectivity index (χ4v) is 6.38. The van der Waals surface area contributed by atoms with Gasteiger partial charge in [-0.2, -0.15) is 0 Å². The largest absolute Gasteiger partial charge is 0.465 e. The zero-order valence-corrected chi connectivity index (χ0v) is 15.1. The molecule has 136 valence electrons. The Bertz CT molecular complexity index is 577. The molecular weight excluding hydrogens is 330 g/mol. The van der Waals surface area contributed by atoms with Crippen molar-refractivity contribution in [1.82, 2.24) is 4.72 Å². The first-order valence-electron chi connectivity index (χ1n) is 9.02. The summed E-state index contributed by atoms with van der Waals surface area (Å²) in [5.74, 6) is 1.11. The normalized spacial score (nSPS) is 34.1. The van der Waals surface area contributed by atoms with E-state index in [1.807, 2.05) is 4.72 Å². The SMILES string of the molecule is CCCS(=O)(=O)NC(=O)CCOC(=O)C12CC3CC(CC(C3)C1)C2. The number of esters is 1. The van der Waals surface area contributed by atoms with E-state index in [2.05, 4.69) is 0 Å². The Morgan fingerprint density at radius 1 is 1.08 bits per heavy atom. The second-order valence-corrected chi connectivity index (χ2v) is 9.77. The maximum absolute atomic E-state index is 12.6. The molecule has 0 unspecified atom stereocenters. The van der Waals surface area contributed by atoms with E-state index < -0.39 is 15.9 Å². The zero-order chi connectivity index (χ0) is 17.4. The van der Waals surface area contributed by atoms with Crippen molar-refractivity contribution in [3.05, 3.63) is 0 Å². The Balaban J connectivity index is 1.47. The quantitative estimate of drug-likeness (QED) is 0.704. The summed E-state index contributed by atoms with van der Waals surface area (Å²) < 4.78 is 30.4. The van der Waals surface area contributed by atoms with Gasteiger partial charge in [0.25, 0.3) is 0 Å². The minimum atomic E-state index is -3.56. The summed E-state index contributed by atoms with van der Waals surface area (Å²) in [6.45, 7) is 1.69. The smallest absolute Gasteiger partial charge is 0.312 e. The second-order valence-electron chi connectivity index (χ2n) is 7.93. The van der Waals surface area contributed by atoms with Gasteiger partial charge in [0.05, 0.1) is 17.6 Å². The number of rotatable bonds is 7. The molecule has 0 atom stereocenters. The molecule has 4 bridgehead atoms. The molecule has 0 spiro atoms. The summed E-state index contributed by atoms with van der Waals surface area (Å²) in [6, 6.07) is 0. The van der Waals surface area contributed by atoms with Gasteiger partial charge in [0.1, 0.15) is 6.61 Å². The van der Waals surface area contributed by atoms with Gasteiger partial charge in [0.2, 0.25) is 15.9 Å². The third-order valence-electron chi connectivity index (χ3n) is 5.78. The predicted octanol–water partition coefficient (Wildman–Crippen LogP) is 1.99. The van der Waals surface area contributed by atoms with E-state index in [-0.39, 0.29) is 30.2 Å². The molecule has 0 aliphatic heterocycles. The monoisotopic (exact) mass is 357 g/mol. The van der Waals surface area contributed by atoms with Crippen LogP contribution in [0, 0.1) is 23.2 Å². The van der Waals surface area contributed by atoms with Crippen molar-refractivity contribution in [2.75, 3.05) is 12.4 Å². The number of hydrogen-bond donors (Lipinski definition) is 1. The van der Waals surface area contributed by atoms with Crippen LogP contribution < -0.4 is 4.72 Å². The lowest BCUT2D eigenvalue weighted by atomic mass is 9.49. The van der Waals surface area contributed by atoms with Crippen LogP contribution in [0.1, 0.15) is 58.3 Å². The molecule has 6 nitrogen and oxygen atoms in total. The highest BCUT2D eigenvalue weighted by Gasteiger charge is 2.55. The van der Waals surface area contributed by atoms with Gasteiger partial charge >= 0.3 is 5.97 Å². The first-order chi connectivity index (χ1) is 11.3. The van der Waals surface area contributed by atoms with Gasteiger partial charge in [0.15, 0.2) is 0 Å². The lowest BCUT2D eigenvalue weighted by Crippen LogP contribution is -2.50. The molecule has 0 aromatic rings. The van der Waals surface area contributed by atoms with E-state index in [0.717, 1.165) is 19.3 Å². The third kappa shape index (κ3) is 3.76. The summed E-state index contributed by atoms with van der Waals surface area (Å²) in [4.78, 5) is 24.3. The van der Waals surface area contributed by atoms with Crippen molar-refractivity contribution < 1.29 is 22.7 Å². The number of ether oxygens (including phenoxy) is 1. The first kappa shape index (κ1) is 17.7. The molecule has 0 radical (unpaired) electrons. The van der Waals surface area contributed by atoms with Crippen molar-refractivity contribution in [3.63, 3.8) is 0 Å². The molecule has 4 saturated carbocycles. The van der Waals surface area contributed by atoms with Gasteiger partial charge in [-0.05, 0) is 62.7 Å². The number of sulfonamides is 1. The van der Waals surface area contributed by atoms with Crippen LogP contribution in [0.3, 0.4) is 0 Å². The molecule has 1 N–H and O–H groups in total.